The van der Waals surface area contributed by atoms with Gasteiger partial charge in [-0.3, -0.25) is 14.4 Å². The van der Waals surface area contributed by atoms with Crippen LogP contribution in [0.2, 0.25) is 0 Å². The van der Waals surface area contributed by atoms with Crippen LogP contribution in [0.1, 0.15) is 71.1 Å². The third-order valence-electron chi connectivity index (χ3n) is 4.50. The van der Waals surface area contributed by atoms with Crippen molar-refractivity contribution in [2.45, 2.75) is 71.1 Å². The van der Waals surface area contributed by atoms with Crippen molar-refractivity contribution in [1.29, 1.82) is 0 Å². The van der Waals surface area contributed by atoms with Gasteiger partial charge in [0.25, 0.3) is 0 Å². The Morgan fingerprint density at radius 1 is 1.08 bits per heavy atom. The van der Waals surface area contributed by atoms with E-state index in [1.54, 1.807) is 12.2 Å². The van der Waals surface area contributed by atoms with E-state index in [1.807, 2.05) is 12.2 Å². The predicted octanol–water partition coefficient (Wildman–Crippen LogP) is 4.49. The fourth-order valence-corrected chi connectivity index (χ4v) is 3.03. The monoisotopic (exact) mass is 334 g/mol. The molecule has 0 spiro atoms. The summed E-state index contributed by atoms with van der Waals surface area (Å²) in [6.45, 7) is 2.11. The van der Waals surface area contributed by atoms with Gasteiger partial charge in [-0.15, -0.1) is 0 Å². The van der Waals surface area contributed by atoms with Crippen molar-refractivity contribution >= 4 is 17.5 Å². The molecule has 1 N–H and O–H groups in total. The molecule has 4 heteroatoms. The van der Waals surface area contributed by atoms with E-state index in [0.717, 1.165) is 44.9 Å². The number of carboxylic acid groups (broad SMARTS) is 1. The minimum absolute atomic E-state index is 0.0339. The standard InChI is InChI=1S/C20H30O4/c1-2-3-6-9-17(21)14-12-16-13-15-19(22)18(16)10-7-4-5-8-11-20(23)24/h12-16,18H,2-11H2,1H3,(H,23,24)/b14-12+/t16-,18+/m0/s1. The van der Waals surface area contributed by atoms with E-state index in [-0.39, 0.29) is 29.8 Å². The summed E-state index contributed by atoms with van der Waals surface area (Å²) >= 11 is 0. The molecule has 24 heavy (non-hydrogen) atoms. The zero-order valence-electron chi connectivity index (χ0n) is 14.7. The number of carbonyl (C=O) groups excluding carboxylic acids is 2. The van der Waals surface area contributed by atoms with Gasteiger partial charge in [-0.1, -0.05) is 51.2 Å². The van der Waals surface area contributed by atoms with E-state index >= 15 is 0 Å². The van der Waals surface area contributed by atoms with Crippen molar-refractivity contribution < 1.29 is 19.5 Å². The number of unbranched alkanes of at least 4 members (excludes halogenated alkanes) is 5. The van der Waals surface area contributed by atoms with Crippen LogP contribution in [0.3, 0.4) is 0 Å². The molecule has 0 aromatic heterocycles. The van der Waals surface area contributed by atoms with E-state index in [4.69, 9.17) is 5.11 Å². The normalized spacial score (nSPS) is 20.1. The highest BCUT2D eigenvalue weighted by molar-refractivity contribution is 5.95. The Kier molecular flexibility index (Phi) is 9.97. The van der Waals surface area contributed by atoms with E-state index in [0.29, 0.717) is 12.8 Å². The van der Waals surface area contributed by atoms with Gasteiger partial charge in [-0.25, -0.2) is 0 Å². The number of rotatable bonds is 13. The maximum Gasteiger partial charge on any atom is 0.303 e. The van der Waals surface area contributed by atoms with Crippen LogP contribution >= 0.6 is 0 Å². The zero-order chi connectivity index (χ0) is 17.8. The Balaban J connectivity index is 2.30. The maximum absolute atomic E-state index is 12.0. The molecule has 0 aliphatic heterocycles. The third-order valence-corrected chi connectivity index (χ3v) is 4.50. The van der Waals surface area contributed by atoms with Gasteiger partial charge in [0.1, 0.15) is 0 Å². The number of hydrogen-bond donors (Lipinski definition) is 1. The van der Waals surface area contributed by atoms with E-state index in [2.05, 4.69) is 6.92 Å². The molecule has 0 saturated carbocycles. The topological polar surface area (TPSA) is 71.4 Å². The highest BCUT2D eigenvalue weighted by atomic mass is 16.4. The molecule has 2 atom stereocenters. The summed E-state index contributed by atoms with van der Waals surface area (Å²) in [5.74, 6) is -0.480. The van der Waals surface area contributed by atoms with Gasteiger partial charge in [-0.2, -0.15) is 0 Å². The van der Waals surface area contributed by atoms with Gasteiger partial charge in [0, 0.05) is 24.7 Å². The molecule has 134 valence electrons. The highest BCUT2D eigenvalue weighted by Crippen LogP contribution is 2.28. The first-order valence-electron chi connectivity index (χ1n) is 9.19. The van der Waals surface area contributed by atoms with Crippen LogP contribution in [0.15, 0.2) is 24.3 Å². The summed E-state index contributed by atoms with van der Waals surface area (Å²) < 4.78 is 0. The van der Waals surface area contributed by atoms with Gasteiger partial charge >= 0.3 is 5.97 Å². The van der Waals surface area contributed by atoms with Crippen molar-refractivity contribution in [3.8, 4) is 0 Å². The molecule has 0 heterocycles. The van der Waals surface area contributed by atoms with Crippen LogP contribution in [-0.4, -0.2) is 22.6 Å². The average Bonchev–Trinajstić information content (AvgIpc) is 2.89. The van der Waals surface area contributed by atoms with E-state index in [1.165, 1.54) is 0 Å². The highest BCUT2D eigenvalue weighted by Gasteiger charge is 2.27. The predicted molar refractivity (Wildman–Crippen MR) is 94.8 cm³/mol. The first kappa shape index (κ1) is 20.3. The van der Waals surface area contributed by atoms with E-state index < -0.39 is 5.97 Å². The molecule has 0 aromatic carbocycles. The quantitative estimate of drug-likeness (QED) is 0.398. The molecule has 4 nitrogen and oxygen atoms in total. The molecule has 1 aliphatic rings. The van der Waals surface area contributed by atoms with Crippen molar-refractivity contribution in [3.05, 3.63) is 24.3 Å². The number of hydrogen-bond acceptors (Lipinski definition) is 3. The zero-order valence-corrected chi connectivity index (χ0v) is 14.7. The Hall–Kier alpha value is -1.71. The molecular weight excluding hydrogens is 304 g/mol. The summed E-state index contributed by atoms with van der Waals surface area (Å²) in [6, 6.07) is 0. The maximum atomic E-state index is 12.0. The first-order chi connectivity index (χ1) is 11.5. The Morgan fingerprint density at radius 3 is 2.50 bits per heavy atom. The number of aliphatic carboxylic acids is 1. The Labute approximate surface area is 145 Å². The van der Waals surface area contributed by atoms with Crippen molar-refractivity contribution in [1.82, 2.24) is 0 Å². The molecule has 0 radical (unpaired) electrons. The van der Waals surface area contributed by atoms with Gasteiger partial charge in [0.05, 0.1) is 0 Å². The second-order valence-corrected chi connectivity index (χ2v) is 6.57. The lowest BCUT2D eigenvalue weighted by molar-refractivity contribution is -0.137. The van der Waals surface area contributed by atoms with Crippen LogP contribution in [0.5, 0.6) is 0 Å². The molecule has 1 rings (SSSR count). The molecule has 0 amide bonds. The smallest absolute Gasteiger partial charge is 0.303 e. The molecule has 0 fully saturated rings. The summed E-state index contributed by atoms with van der Waals surface area (Å²) in [5, 5.41) is 8.60. The number of carbonyl (C=O) groups is 3. The number of ketones is 2. The lowest BCUT2D eigenvalue weighted by Crippen LogP contribution is -2.14. The van der Waals surface area contributed by atoms with Crippen molar-refractivity contribution in [2.24, 2.45) is 11.8 Å². The molecule has 0 bridgehead atoms. The molecule has 0 aromatic rings. The van der Waals surface area contributed by atoms with Gasteiger partial charge in [-0.05, 0) is 31.4 Å². The van der Waals surface area contributed by atoms with Crippen molar-refractivity contribution in [2.75, 3.05) is 0 Å². The number of carboxylic acids is 1. The summed E-state index contributed by atoms with van der Waals surface area (Å²) in [7, 11) is 0. The number of allylic oxidation sites excluding steroid dienone is 4. The SMILES string of the molecule is CCCCCC(=O)/C=C/[C@H]1C=CC(=O)[C@@H]1CCCCCCC(=O)O. The van der Waals surface area contributed by atoms with Crippen LogP contribution < -0.4 is 0 Å². The molecule has 0 saturated heterocycles. The fraction of sp³-hybridized carbons (Fsp3) is 0.650. The van der Waals surface area contributed by atoms with Crippen LogP contribution in [0.4, 0.5) is 0 Å². The van der Waals surface area contributed by atoms with Crippen LogP contribution in [-0.2, 0) is 14.4 Å². The van der Waals surface area contributed by atoms with Crippen LogP contribution in [0, 0.1) is 11.8 Å². The first-order valence-corrected chi connectivity index (χ1v) is 9.19. The third kappa shape index (κ3) is 8.23. The van der Waals surface area contributed by atoms with Crippen LogP contribution in [0.25, 0.3) is 0 Å². The van der Waals surface area contributed by atoms with Gasteiger partial charge in [0.15, 0.2) is 11.6 Å². The molecule has 1 aliphatic carbocycles. The fourth-order valence-electron chi connectivity index (χ4n) is 3.03. The minimum Gasteiger partial charge on any atom is -0.481 e. The lowest BCUT2D eigenvalue weighted by atomic mass is 9.88. The lowest BCUT2D eigenvalue weighted by Gasteiger charge is -2.14. The minimum atomic E-state index is -0.751. The average molecular weight is 334 g/mol. The Bertz CT molecular complexity index is 476. The second-order valence-electron chi connectivity index (χ2n) is 6.57. The van der Waals surface area contributed by atoms with Gasteiger partial charge < -0.3 is 5.11 Å². The molecule has 0 unspecified atom stereocenters. The second kappa shape index (κ2) is 11.8. The largest absolute Gasteiger partial charge is 0.481 e. The van der Waals surface area contributed by atoms with Gasteiger partial charge in [0.2, 0.25) is 0 Å². The summed E-state index contributed by atoms with van der Waals surface area (Å²) in [6.07, 6.45) is 15.2. The van der Waals surface area contributed by atoms with Crippen molar-refractivity contribution in [3.63, 3.8) is 0 Å². The Morgan fingerprint density at radius 2 is 1.79 bits per heavy atom. The summed E-state index contributed by atoms with van der Waals surface area (Å²) in [5.41, 5.74) is 0. The molecular formula is C20H30O4. The summed E-state index contributed by atoms with van der Waals surface area (Å²) in [4.78, 5) is 34.2. The van der Waals surface area contributed by atoms with E-state index in [9.17, 15) is 14.4 Å².